The van der Waals surface area contributed by atoms with E-state index < -0.39 is 23.6 Å². The maximum atomic E-state index is 14.0. The van der Waals surface area contributed by atoms with Crippen molar-refractivity contribution in [3.05, 3.63) is 0 Å². The normalized spacial score (nSPS) is 43.1. The smallest absolute Gasteiger partial charge is 0.336 e. The lowest BCUT2D eigenvalue weighted by atomic mass is 9.94. The van der Waals surface area contributed by atoms with Gasteiger partial charge in [-0.25, -0.2) is 4.39 Å². The van der Waals surface area contributed by atoms with Gasteiger partial charge in [-0.1, -0.05) is 12.8 Å². The molecule has 2 atom stereocenters. The molecule has 1 N–H and O–H groups in total. The van der Waals surface area contributed by atoms with Gasteiger partial charge in [0, 0.05) is 0 Å². The molecule has 1 heterocycles. The van der Waals surface area contributed by atoms with Crippen LogP contribution in [-0.4, -0.2) is 28.7 Å². The maximum absolute atomic E-state index is 14.0. The van der Waals surface area contributed by atoms with Gasteiger partial charge in [0.1, 0.15) is 5.60 Å². The number of rotatable bonds is 0. The van der Waals surface area contributed by atoms with E-state index in [1.165, 1.54) is 0 Å². The maximum Gasteiger partial charge on any atom is 0.473 e. The molecule has 3 nitrogen and oxygen atoms in total. The van der Waals surface area contributed by atoms with Crippen molar-refractivity contribution >= 4 is 0 Å². The molecule has 0 aromatic heterocycles. The van der Waals surface area contributed by atoms with Crippen molar-refractivity contribution in [2.24, 2.45) is 0 Å². The van der Waals surface area contributed by atoms with Crippen LogP contribution in [0, 0.1) is 0 Å². The molecule has 0 amide bonds. The van der Waals surface area contributed by atoms with E-state index in [2.05, 4.69) is 9.47 Å². The van der Waals surface area contributed by atoms with Gasteiger partial charge >= 0.3 is 12.1 Å². The lowest BCUT2D eigenvalue weighted by molar-refractivity contribution is -0.454. The number of alkyl halides is 4. The summed E-state index contributed by atoms with van der Waals surface area (Å²) < 4.78 is 60.0. The molecule has 16 heavy (non-hydrogen) atoms. The molecule has 0 bridgehead atoms. The summed E-state index contributed by atoms with van der Waals surface area (Å²) in [6, 6.07) is 0. The van der Waals surface area contributed by atoms with E-state index in [1.54, 1.807) is 0 Å². The van der Waals surface area contributed by atoms with Crippen LogP contribution in [0.2, 0.25) is 0 Å². The van der Waals surface area contributed by atoms with Crippen molar-refractivity contribution in [3.8, 4) is 0 Å². The summed E-state index contributed by atoms with van der Waals surface area (Å²) in [6.07, 6.45) is -3.85. The van der Waals surface area contributed by atoms with E-state index in [1.807, 2.05) is 0 Å². The largest absolute Gasteiger partial charge is 0.473 e. The minimum absolute atomic E-state index is 0.110. The second-order valence-corrected chi connectivity index (χ2v) is 4.40. The van der Waals surface area contributed by atoms with Gasteiger partial charge in [0.2, 0.25) is 5.85 Å². The summed E-state index contributed by atoms with van der Waals surface area (Å²) in [4.78, 5) is 0. The Morgan fingerprint density at radius 3 is 2.00 bits per heavy atom. The molecule has 1 saturated heterocycles. The van der Waals surface area contributed by atoms with Crippen LogP contribution >= 0.6 is 0 Å². The van der Waals surface area contributed by atoms with Crippen molar-refractivity contribution in [2.45, 2.75) is 56.2 Å². The Morgan fingerprint density at radius 2 is 1.62 bits per heavy atom. The van der Waals surface area contributed by atoms with E-state index in [-0.39, 0.29) is 12.8 Å². The molecular weight excluding hydrogens is 232 g/mol. The third kappa shape index (κ3) is 1.45. The molecule has 1 aliphatic carbocycles. The summed E-state index contributed by atoms with van der Waals surface area (Å²) in [5.74, 6) is -6.46. The Hall–Kier alpha value is -0.400. The second kappa shape index (κ2) is 3.08. The van der Waals surface area contributed by atoms with E-state index in [0.717, 1.165) is 6.92 Å². The summed E-state index contributed by atoms with van der Waals surface area (Å²) >= 11 is 0. The van der Waals surface area contributed by atoms with Crippen LogP contribution in [0.1, 0.15) is 32.6 Å². The average Bonchev–Trinajstić information content (AvgIpc) is 2.57. The van der Waals surface area contributed by atoms with Crippen molar-refractivity contribution in [1.82, 2.24) is 0 Å². The fourth-order valence-corrected chi connectivity index (χ4v) is 2.34. The summed E-state index contributed by atoms with van der Waals surface area (Å²) in [5, 5.41) is 9.18. The van der Waals surface area contributed by atoms with Crippen LogP contribution in [0.4, 0.5) is 17.6 Å². The molecule has 94 valence electrons. The molecule has 1 saturated carbocycles. The van der Waals surface area contributed by atoms with Crippen LogP contribution in [-0.2, 0) is 9.47 Å². The highest BCUT2D eigenvalue weighted by Gasteiger charge is 2.74. The van der Waals surface area contributed by atoms with Gasteiger partial charge in [-0.3, -0.25) is 4.74 Å². The van der Waals surface area contributed by atoms with E-state index in [0.29, 0.717) is 12.8 Å². The second-order valence-electron chi connectivity index (χ2n) is 4.40. The van der Waals surface area contributed by atoms with Gasteiger partial charge < -0.3 is 9.84 Å². The molecule has 1 spiro atoms. The molecule has 0 aromatic carbocycles. The Morgan fingerprint density at radius 1 is 1.12 bits per heavy atom. The molecule has 2 fully saturated rings. The van der Waals surface area contributed by atoms with Crippen LogP contribution < -0.4 is 0 Å². The molecule has 2 aliphatic rings. The molecule has 0 aromatic rings. The fraction of sp³-hybridized carbons (Fsp3) is 1.00. The van der Waals surface area contributed by atoms with Crippen LogP contribution in [0.15, 0.2) is 0 Å². The SMILES string of the molecule is CC1(F)OC(O)(C(F)(F)F)OC12CCCC2. The highest BCUT2D eigenvalue weighted by atomic mass is 19.4. The summed E-state index contributed by atoms with van der Waals surface area (Å²) in [6.45, 7) is 0.863. The number of hydrogen-bond acceptors (Lipinski definition) is 3. The minimum atomic E-state index is -5.17. The first-order valence-corrected chi connectivity index (χ1v) is 5.00. The van der Waals surface area contributed by atoms with E-state index >= 15 is 0 Å². The topological polar surface area (TPSA) is 38.7 Å². The highest BCUT2D eigenvalue weighted by Crippen LogP contribution is 2.56. The average molecular weight is 244 g/mol. The first-order chi connectivity index (χ1) is 7.12. The zero-order chi connectivity index (χ0) is 12.2. The zero-order valence-corrected chi connectivity index (χ0v) is 8.60. The van der Waals surface area contributed by atoms with Crippen molar-refractivity contribution < 1.29 is 32.1 Å². The van der Waals surface area contributed by atoms with Gasteiger partial charge in [0.15, 0.2) is 0 Å². The van der Waals surface area contributed by atoms with Crippen molar-refractivity contribution in [3.63, 3.8) is 0 Å². The van der Waals surface area contributed by atoms with Gasteiger partial charge in [0.05, 0.1) is 0 Å². The molecule has 2 rings (SSSR count). The highest BCUT2D eigenvalue weighted by molar-refractivity contribution is 5.03. The Bertz CT molecular complexity index is 296. The Labute approximate surface area is 89.3 Å². The van der Waals surface area contributed by atoms with Crippen LogP contribution in [0.25, 0.3) is 0 Å². The molecule has 7 heteroatoms. The first-order valence-electron chi connectivity index (χ1n) is 5.00. The third-order valence-corrected chi connectivity index (χ3v) is 3.25. The van der Waals surface area contributed by atoms with Gasteiger partial charge in [-0.15, -0.1) is 0 Å². The number of halogens is 4. The number of aliphatic hydroxyl groups is 1. The van der Waals surface area contributed by atoms with E-state index in [9.17, 15) is 22.7 Å². The zero-order valence-electron chi connectivity index (χ0n) is 8.60. The molecule has 0 radical (unpaired) electrons. The fourth-order valence-electron chi connectivity index (χ4n) is 2.34. The quantitative estimate of drug-likeness (QED) is 0.664. The summed E-state index contributed by atoms with van der Waals surface area (Å²) in [5.41, 5.74) is -1.68. The van der Waals surface area contributed by atoms with Crippen molar-refractivity contribution in [2.75, 3.05) is 0 Å². The van der Waals surface area contributed by atoms with Gasteiger partial charge in [-0.2, -0.15) is 13.2 Å². The Balaban J connectivity index is 2.33. The Kier molecular flexibility index (Phi) is 2.32. The first kappa shape index (κ1) is 12.1. The van der Waals surface area contributed by atoms with Gasteiger partial charge in [0.25, 0.3) is 0 Å². The van der Waals surface area contributed by atoms with E-state index in [4.69, 9.17) is 0 Å². The molecular formula is C9H12F4O3. The number of ether oxygens (including phenoxy) is 2. The lowest BCUT2D eigenvalue weighted by Crippen LogP contribution is -2.47. The van der Waals surface area contributed by atoms with Crippen LogP contribution in [0.3, 0.4) is 0 Å². The van der Waals surface area contributed by atoms with Crippen molar-refractivity contribution in [1.29, 1.82) is 0 Å². The number of hydrogen-bond donors (Lipinski definition) is 1. The third-order valence-electron chi connectivity index (χ3n) is 3.25. The van der Waals surface area contributed by atoms with Crippen LogP contribution in [0.5, 0.6) is 0 Å². The minimum Gasteiger partial charge on any atom is -0.336 e. The standard InChI is InChI=1S/C9H12F4O3/c1-6(10)7(4-2-3-5-7)16-9(14,15-6)8(11,12)13/h14H,2-5H2,1H3. The molecule has 2 unspecified atom stereocenters. The summed E-state index contributed by atoms with van der Waals surface area (Å²) in [7, 11) is 0. The monoisotopic (exact) mass is 244 g/mol. The predicted octanol–water partition coefficient (Wildman–Crippen LogP) is 2.24. The predicted molar refractivity (Wildman–Crippen MR) is 43.9 cm³/mol. The van der Waals surface area contributed by atoms with Gasteiger partial charge in [-0.05, 0) is 19.8 Å². The molecule has 1 aliphatic heterocycles. The lowest BCUT2D eigenvalue weighted by Gasteiger charge is -2.29.